The molecule has 1 aromatic carbocycles. The van der Waals surface area contributed by atoms with E-state index in [1.165, 1.54) is 10.4 Å². The van der Waals surface area contributed by atoms with Crippen LogP contribution in [0.5, 0.6) is 11.5 Å². The van der Waals surface area contributed by atoms with Crippen LogP contribution in [0.25, 0.3) is 0 Å². The van der Waals surface area contributed by atoms with Gasteiger partial charge in [0.05, 0.1) is 11.1 Å². The molecule has 2 aliphatic heterocycles. The van der Waals surface area contributed by atoms with Crippen molar-refractivity contribution < 1.29 is 14.3 Å². The SMILES string of the molecule is CCC1c2ccsc2CCN1C(=O)NCc1cc(Cl)c2c(c1)OCCO2. The minimum atomic E-state index is -0.0419. The summed E-state index contributed by atoms with van der Waals surface area (Å²) in [5, 5.41) is 5.66. The molecule has 5 nitrogen and oxygen atoms in total. The summed E-state index contributed by atoms with van der Waals surface area (Å²) >= 11 is 8.06. The van der Waals surface area contributed by atoms with Gasteiger partial charge in [0.15, 0.2) is 11.5 Å². The van der Waals surface area contributed by atoms with Crippen molar-refractivity contribution in [2.45, 2.75) is 32.4 Å². The molecule has 2 amide bonds. The summed E-state index contributed by atoms with van der Waals surface area (Å²) in [7, 11) is 0. The highest BCUT2D eigenvalue weighted by atomic mass is 35.5. The van der Waals surface area contributed by atoms with Gasteiger partial charge in [0.2, 0.25) is 0 Å². The van der Waals surface area contributed by atoms with Gasteiger partial charge in [-0.25, -0.2) is 4.79 Å². The van der Waals surface area contributed by atoms with E-state index < -0.39 is 0 Å². The number of benzene rings is 1. The molecule has 0 saturated heterocycles. The van der Waals surface area contributed by atoms with Crippen molar-refractivity contribution in [1.29, 1.82) is 0 Å². The molecule has 0 saturated carbocycles. The second kappa shape index (κ2) is 7.37. The van der Waals surface area contributed by atoms with Crippen LogP contribution in [0.1, 0.15) is 35.4 Å². The highest BCUT2D eigenvalue weighted by Gasteiger charge is 2.30. The zero-order chi connectivity index (χ0) is 18.1. The molecule has 138 valence electrons. The third-order valence-corrected chi connectivity index (χ3v) is 6.12. The number of nitrogens with one attached hydrogen (secondary N) is 1. The minimum Gasteiger partial charge on any atom is -0.486 e. The Morgan fingerprint density at radius 1 is 1.38 bits per heavy atom. The van der Waals surface area contributed by atoms with Gasteiger partial charge in [-0.2, -0.15) is 0 Å². The number of fused-ring (bicyclic) bond motifs is 2. The molecule has 0 fully saturated rings. The molecule has 0 aliphatic carbocycles. The van der Waals surface area contributed by atoms with Gasteiger partial charge in [0.25, 0.3) is 0 Å². The van der Waals surface area contributed by atoms with Crippen LogP contribution in [-0.2, 0) is 13.0 Å². The lowest BCUT2D eigenvalue weighted by molar-refractivity contribution is 0.167. The lowest BCUT2D eigenvalue weighted by Gasteiger charge is -2.35. The Morgan fingerprint density at radius 2 is 2.23 bits per heavy atom. The maximum Gasteiger partial charge on any atom is 0.318 e. The summed E-state index contributed by atoms with van der Waals surface area (Å²) in [5.41, 5.74) is 2.19. The van der Waals surface area contributed by atoms with Gasteiger partial charge in [-0.1, -0.05) is 18.5 Å². The average Bonchev–Trinajstić information content (AvgIpc) is 3.14. The predicted octanol–water partition coefficient (Wildman–Crippen LogP) is 4.39. The summed E-state index contributed by atoms with van der Waals surface area (Å²) in [6, 6.07) is 5.95. The topological polar surface area (TPSA) is 50.8 Å². The highest BCUT2D eigenvalue weighted by Crippen LogP contribution is 2.38. The maximum absolute atomic E-state index is 12.8. The predicted molar refractivity (Wildman–Crippen MR) is 102 cm³/mol. The Labute approximate surface area is 161 Å². The number of hydrogen-bond acceptors (Lipinski definition) is 4. The fourth-order valence-electron chi connectivity index (χ4n) is 3.63. The molecule has 1 aromatic heterocycles. The number of halogens is 1. The summed E-state index contributed by atoms with van der Waals surface area (Å²) in [6.07, 6.45) is 1.83. The zero-order valence-electron chi connectivity index (χ0n) is 14.6. The summed E-state index contributed by atoms with van der Waals surface area (Å²) in [4.78, 5) is 16.1. The Bertz CT molecular complexity index is 823. The van der Waals surface area contributed by atoms with E-state index in [1.807, 2.05) is 17.0 Å². The van der Waals surface area contributed by atoms with Crippen molar-refractivity contribution in [3.63, 3.8) is 0 Å². The molecule has 0 spiro atoms. The third-order valence-electron chi connectivity index (χ3n) is 4.84. The number of amides is 2. The Morgan fingerprint density at radius 3 is 3.08 bits per heavy atom. The van der Waals surface area contributed by atoms with Crippen LogP contribution in [0.3, 0.4) is 0 Å². The van der Waals surface area contributed by atoms with E-state index in [9.17, 15) is 4.79 Å². The normalized spacial score (nSPS) is 18.4. The molecule has 26 heavy (non-hydrogen) atoms. The molecule has 7 heteroatoms. The van der Waals surface area contributed by atoms with E-state index in [4.69, 9.17) is 21.1 Å². The molecule has 1 N–H and O–H groups in total. The molecular formula is C19H21ClN2O3S. The van der Waals surface area contributed by atoms with E-state index in [-0.39, 0.29) is 12.1 Å². The van der Waals surface area contributed by atoms with E-state index in [1.54, 1.807) is 11.3 Å². The summed E-state index contributed by atoms with van der Waals surface area (Å²) < 4.78 is 11.1. The van der Waals surface area contributed by atoms with Crippen LogP contribution >= 0.6 is 22.9 Å². The average molecular weight is 393 g/mol. The molecule has 0 radical (unpaired) electrons. The van der Waals surface area contributed by atoms with E-state index >= 15 is 0 Å². The first-order valence-electron chi connectivity index (χ1n) is 8.86. The van der Waals surface area contributed by atoms with Gasteiger partial charge >= 0.3 is 6.03 Å². The number of ether oxygens (including phenoxy) is 2. The van der Waals surface area contributed by atoms with E-state index in [0.29, 0.717) is 36.3 Å². The fraction of sp³-hybridized carbons (Fsp3) is 0.421. The number of thiophene rings is 1. The van der Waals surface area contributed by atoms with Gasteiger partial charge < -0.3 is 19.7 Å². The maximum atomic E-state index is 12.8. The lowest BCUT2D eigenvalue weighted by atomic mass is 9.98. The number of carbonyl (C=O) groups excluding carboxylic acids is 1. The third kappa shape index (κ3) is 3.23. The summed E-state index contributed by atoms with van der Waals surface area (Å²) in [6.45, 7) is 4.28. The monoisotopic (exact) mass is 392 g/mol. The number of urea groups is 1. The standard InChI is InChI=1S/C19H21ClN2O3S/c1-2-15-13-4-8-26-17(13)3-5-22(15)19(23)21-11-12-9-14(20)18-16(10-12)24-6-7-25-18/h4,8-10,15H,2-3,5-7,11H2,1H3,(H,21,23). The van der Waals surface area contributed by atoms with Gasteiger partial charge in [0.1, 0.15) is 13.2 Å². The number of hydrogen-bond donors (Lipinski definition) is 1. The van der Waals surface area contributed by atoms with Crippen molar-refractivity contribution >= 4 is 29.0 Å². The first-order chi connectivity index (χ1) is 12.7. The molecular weight excluding hydrogens is 372 g/mol. The van der Waals surface area contributed by atoms with Crippen LogP contribution in [0.4, 0.5) is 4.79 Å². The van der Waals surface area contributed by atoms with Crippen LogP contribution in [0.15, 0.2) is 23.6 Å². The van der Waals surface area contributed by atoms with Crippen molar-refractivity contribution in [2.75, 3.05) is 19.8 Å². The molecule has 1 atom stereocenters. The van der Waals surface area contributed by atoms with E-state index in [2.05, 4.69) is 23.7 Å². The number of rotatable bonds is 3. The van der Waals surface area contributed by atoms with Gasteiger partial charge in [-0.15, -0.1) is 11.3 Å². The Balaban J connectivity index is 1.45. The minimum absolute atomic E-state index is 0.0419. The lowest BCUT2D eigenvalue weighted by Crippen LogP contribution is -2.44. The quantitative estimate of drug-likeness (QED) is 0.842. The molecule has 2 aromatic rings. The molecule has 2 aliphatic rings. The first kappa shape index (κ1) is 17.5. The Kier molecular flexibility index (Phi) is 4.96. The second-order valence-electron chi connectivity index (χ2n) is 6.43. The number of carbonyl (C=O) groups is 1. The van der Waals surface area contributed by atoms with Crippen LogP contribution in [0.2, 0.25) is 5.02 Å². The van der Waals surface area contributed by atoms with Gasteiger partial charge in [-0.05, 0) is 47.5 Å². The van der Waals surface area contributed by atoms with Crippen LogP contribution in [-0.4, -0.2) is 30.7 Å². The van der Waals surface area contributed by atoms with Gasteiger partial charge in [0, 0.05) is 18.0 Å². The Hall–Kier alpha value is -1.92. The molecule has 4 rings (SSSR count). The molecule has 0 bridgehead atoms. The van der Waals surface area contributed by atoms with Gasteiger partial charge in [-0.3, -0.25) is 0 Å². The second-order valence-corrected chi connectivity index (χ2v) is 7.83. The zero-order valence-corrected chi connectivity index (χ0v) is 16.2. The first-order valence-corrected chi connectivity index (χ1v) is 10.1. The van der Waals surface area contributed by atoms with Crippen molar-refractivity contribution in [2.24, 2.45) is 0 Å². The van der Waals surface area contributed by atoms with E-state index in [0.717, 1.165) is 24.9 Å². The fourth-order valence-corrected chi connectivity index (χ4v) is 4.84. The summed E-state index contributed by atoms with van der Waals surface area (Å²) in [5.74, 6) is 1.22. The molecule has 3 heterocycles. The smallest absolute Gasteiger partial charge is 0.318 e. The largest absolute Gasteiger partial charge is 0.486 e. The van der Waals surface area contributed by atoms with Crippen molar-refractivity contribution in [1.82, 2.24) is 10.2 Å². The van der Waals surface area contributed by atoms with Crippen molar-refractivity contribution in [3.8, 4) is 11.5 Å². The number of nitrogens with zero attached hydrogens (tertiary/aromatic N) is 1. The highest BCUT2D eigenvalue weighted by molar-refractivity contribution is 7.10. The molecule has 1 unspecified atom stereocenters. The van der Waals surface area contributed by atoms with Crippen LogP contribution < -0.4 is 14.8 Å². The van der Waals surface area contributed by atoms with Crippen molar-refractivity contribution in [3.05, 3.63) is 44.6 Å². The van der Waals surface area contributed by atoms with Crippen LogP contribution in [0, 0.1) is 0 Å².